The lowest BCUT2D eigenvalue weighted by atomic mass is 10.3. The van der Waals surface area contributed by atoms with Crippen molar-refractivity contribution in [2.24, 2.45) is 5.73 Å². The first-order valence-electron chi connectivity index (χ1n) is 4.59. The minimum atomic E-state index is 0.395. The van der Waals surface area contributed by atoms with Crippen LogP contribution in [0.3, 0.4) is 0 Å². The van der Waals surface area contributed by atoms with Crippen LogP contribution in [0, 0.1) is 6.92 Å². The molecule has 0 aliphatic carbocycles. The summed E-state index contributed by atoms with van der Waals surface area (Å²) in [6, 6.07) is 7.46. The molecule has 0 saturated carbocycles. The van der Waals surface area contributed by atoms with E-state index in [1.165, 1.54) is 0 Å². The minimum Gasteiger partial charge on any atom is -0.325 e. The van der Waals surface area contributed by atoms with Crippen LogP contribution < -0.4 is 5.73 Å². The van der Waals surface area contributed by atoms with Crippen LogP contribution in [0.25, 0.3) is 5.69 Å². The van der Waals surface area contributed by atoms with E-state index < -0.39 is 0 Å². The van der Waals surface area contributed by atoms with E-state index in [0.717, 1.165) is 17.1 Å². The van der Waals surface area contributed by atoms with Crippen LogP contribution in [0.1, 0.15) is 11.4 Å². The fraction of sp³-hybridized carbons (Fsp3) is 0.200. The van der Waals surface area contributed by atoms with Crippen LogP contribution in [0.2, 0.25) is 5.02 Å². The monoisotopic (exact) mass is 222 g/mol. The van der Waals surface area contributed by atoms with Gasteiger partial charge in [0.15, 0.2) is 0 Å². The molecule has 0 saturated heterocycles. The smallest absolute Gasteiger partial charge is 0.0996 e. The number of hydrogen-bond acceptors (Lipinski definition) is 3. The second-order valence-electron chi connectivity index (χ2n) is 3.22. The van der Waals surface area contributed by atoms with Crippen molar-refractivity contribution >= 4 is 11.6 Å². The highest BCUT2D eigenvalue weighted by atomic mass is 35.5. The van der Waals surface area contributed by atoms with Gasteiger partial charge in [-0.3, -0.25) is 0 Å². The third kappa shape index (κ3) is 1.86. The van der Waals surface area contributed by atoms with Crippen LogP contribution >= 0.6 is 11.6 Å². The molecule has 1 heterocycles. The molecule has 0 radical (unpaired) electrons. The van der Waals surface area contributed by atoms with E-state index >= 15 is 0 Å². The number of nitrogens with two attached hydrogens (primary N) is 1. The van der Waals surface area contributed by atoms with Gasteiger partial charge in [-0.1, -0.05) is 22.9 Å². The Morgan fingerprint density at radius 3 is 2.87 bits per heavy atom. The summed E-state index contributed by atoms with van der Waals surface area (Å²) in [6.45, 7) is 2.33. The lowest BCUT2D eigenvalue weighted by molar-refractivity contribution is 0.783. The Morgan fingerprint density at radius 2 is 2.27 bits per heavy atom. The highest BCUT2D eigenvalue weighted by molar-refractivity contribution is 6.30. The topological polar surface area (TPSA) is 56.7 Å². The summed E-state index contributed by atoms with van der Waals surface area (Å²) in [5.41, 5.74) is 8.17. The molecule has 15 heavy (non-hydrogen) atoms. The molecule has 5 heteroatoms. The Balaban J connectivity index is 2.49. The predicted molar refractivity (Wildman–Crippen MR) is 59.0 cm³/mol. The third-order valence-electron chi connectivity index (χ3n) is 2.24. The van der Waals surface area contributed by atoms with E-state index in [4.69, 9.17) is 17.3 Å². The zero-order valence-electron chi connectivity index (χ0n) is 8.31. The van der Waals surface area contributed by atoms with Gasteiger partial charge >= 0.3 is 0 Å². The molecule has 0 fully saturated rings. The van der Waals surface area contributed by atoms with Gasteiger partial charge in [0.2, 0.25) is 0 Å². The SMILES string of the molecule is Cc1c(CN)nnn1-c1cccc(Cl)c1. The Morgan fingerprint density at radius 1 is 1.47 bits per heavy atom. The minimum absolute atomic E-state index is 0.395. The van der Waals surface area contributed by atoms with E-state index in [-0.39, 0.29) is 0 Å². The highest BCUT2D eigenvalue weighted by Crippen LogP contribution is 2.16. The van der Waals surface area contributed by atoms with Crippen LogP contribution in [0.15, 0.2) is 24.3 Å². The molecule has 1 aromatic heterocycles. The molecule has 0 aliphatic rings. The first kappa shape index (κ1) is 10.1. The molecule has 0 bridgehead atoms. The zero-order valence-corrected chi connectivity index (χ0v) is 9.07. The molecule has 2 aromatic rings. The number of hydrogen-bond donors (Lipinski definition) is 1. The van der Waals surface area contributed by atoms with Crippen LogP contribution in [-0.2, 0) is 6.54 Å². The summed E-state index contributed by atoms with van der Waals surface area (Å²) < 4.78 is 1.73. The maximum Gasteiger partial charge on any atom is 0.0996 e. The third-order valence-corrected chi connectivity index (χ3v) is 2.47. The quantitative estimate of drug-likeness (QED) is 0.841. The largest absolute Gasteiger partial charge is 0.325 e. The Labute approximate surface area is 92.7 Å². The molecule has 78 valence electrons. The van der Waals surface area contributed by atoms with Gasteiger partial charge in [-0.25, -0.2) is 4.68 Å². The van der Waals surface area contributed by atoms with E-state index in [1.807, 2.05) is 31.2 Å². The van der Waals surface area contributed by atoms with E-state index in [1.54, 1.807) is 4.68 Å². The van der Waals surface area contributed by atoms with Crippen molar-refractivity contribution in [1.82, 2.24) is 15.0 Å². The molecule has 0 unspecified atom stereocenters. The zero-order chi connectivity index (χ0) is 10.8. The number of rotatable bonds is 2. The second-order valence-corrected chi connectivity index (χ2v) is 3.65. The van der Waals surface area contributed by atoms with Crippen LogP contribution in [0.4, 0.5) is 0 Å². The lowest BCUT2D eigenvalue weighted by Crippen LogP contribution is -2.01. The van der Waals surface area contributed by atoms with Crippen molar-refractivity contribution < 1.29 is 0 Å². The Kier molecular flexibility index (Phi) is 2.70. The summed E-state index contributed by atoms with van der Waals surface area (Å²) in [4.78, 5) is 0. The van der Waals surface area contributed by atoms with Crippen molar-refractivity contribution in [1.29, 1.82) is 0 Å². The van der Waals surface area contributed by atoms with Crippen molar-refractivity contribution in [3.63, 3.8) is 0 Å². The second kappa shape index (κ2) is 4.00. The van der Waals surface area contributed by atoms with Gasteiger partial charge in [-0.15, -0.1) is 5.10 Å². The van der Waals surface area contributed by atoms with E-state index in [9.17, 15) is 0 Å². The van der Waals surface area contributed by atoms with Crippen molar-refractivity contribution in [2.75, 3.05) is 0 Å². The van der Waals surface area contributed by atoms with Crippen LogP contribution in [-0.4, -0.2) is 15.0 Å². The number of benzene rings is 1. The standard InChI is InChI=1S/C10H11ClN4/c1-7-10(6-12)13-14-15(7)9-4-2-3-8(11)5-9/h2-5H,6,12H2,1H3. The summed E-state index contributed by atoms with van der Waals surface area (Å²) in [7, 11) is 0. The predicted octanol–water partition coefficient (Wildman–Crippen LogP) is 1.69. The van der Waals surface area contributed by atoms with Crippen molar-refractivity contribution in [2.45, 2.75) is 13.5 Å². The maximum absolute atomic E-state index is 5.90. The molecule has 0 aliphatic heterocycles. The Hall–Kier alpha value is -1.39. The average Bonchev–Trinajstić information content (AvgIpc) is 2.59. The van der Waals surface area contributed by atoms with Gasteiger partial charge in [0, 0.05) is 11.6 Å². The molecule has 0 atom stereocenters. The maximum atomic E-state index is 5.90. The molecule has 0 spiro atoms. The lowest BCUT2D eigenvalue weighted by Gasteiger charge is -2.03. The molecule has 0 amide bonds. The molecule has 1 aromatic carbocycles. The van der Waals surface area contributed by atoms with Crippen molar-refractivity contribution in [3.05, 3.63) is 40.7 Å². The molecule has 4 nitrogen and oxygen atoms in total. The van der Waals surface area contributed by atoms with Gasteiger partial charge in [0.25, 0.3) is 0 Å². The van der Waals surface area contributed by atoms with Gasteiger partial charge in [0.05, 0.1) is 17.1 Å². The summed E-state index contributed by atoms with van der Waals surface area (Å²) in [6.07, 6.45) is 0. The molecular formula is C10H11ClN4. The highest BCUT2D eigenvalue weighted by Gasteiger charge is 2.08. The van der Waals surface area contributed by atoms with Gasteiger partial charge in [0.1, 0.15) is 0 Å². The molecule has 2 N–H and O–H groups in total. The van der Waals surface area contributed by atoms with Crippen molar-refractivity contribution in [3.8, 4) is 5.69 Å². The summed E-state index contributed by atoms with van der Waals surface area (Å²) in [5.74, 6) is 0. The normalized spacial score (nSPS) is 10.6. The average molecular weight is 223 g/mol. The Bertz CT molecular complexity index is 478. The van der Waals surface area contributed by atoms with Crippen LogP contribution in [0.5, 0.6) is 0 Å². The van der Waals surface area contributed by atoms with Gasteiger partial charge in [-0.05, 0) is 25.1 Å². The number of nitrogens with zero attached hydrogens (tertiary/aromatic N) is 3. The van der Waals surface area contributed by atoms with Gasteiger partial charge < -0.3 is 5.73 Å². The van der Waals surface area contributed by atoms with Gasteiger partial charge in [-0.2, -0.15) is 0 Å². The fourth-order valence-electron chi connectivity index (χ4n) is 1.40. The summed E-state index contributed by atoms with van der Waals surface area (Å²) >= 11 is 5.90. The van der Waals surface area contributed by atoms with E-state index in [2.05, 4.69) is 10.3 Å². The summed E-state index contributed by atoms with van der Waals surface area (Å²) in [5, 5.41) is 8.69. The fourth-order valence-corrected chi connectivity index (χ4v) is 1.59. The first-order chi connectivity index (χ1) is 7.22. The molecular weight excluding hydrogens is 212 g/mol. The number of halogens is 1. The molecule has 2 rings (SSSR count). The number of aromatic nitrogens is 3. The van der Waals surface area contributed by atoms with E-state index in [0.29, 0.717) is 11.6 Å². The first-order valence-corrected chi connectivity index (χ1v) is 4.97.